The molecule has 2 aromatic rings. The van der Waals surface area contributed by atoms with Crippen molar-refractivity contribution in [3.63, 3.8) is 0 Å². The van der Waals surface area contributed by atoms with Gasteiger partial charge in [-0.1, -0.05) is 52.3 Å². The highest BCUT2D eigenvalue weighted by Gasteiger charge is 2.13. The SMILES string of the molecule is Cc1cc(C)c(CC(=O)c2ccccc2)c(C)c1Br. The van der Waals surface area contributed by atoms with Crippen LogP contribution in [0.1, 0.15) is 32.6 Å². The van der Waals surface area contributed by atoms with Gasteiger partial charge in [-0.3, -0.25) is 4.79 Å². The highest BCUT2D eigenvalue weighted by atomic mass is 79.9. The van der Waals surface area contributed by atoms with Crippen LogP contribution in [0.3, 0.4) is 0 Å². The van der Waals surface area contributed by atoms with Crippen LogP contribution in [-0.2, 0) is 6.42 Å². The second-order valence-electron chi connectivity index (χ2n) is 4.89. The molecule has 98 valence electrons. The standard InChI is InChI=1S/C17H17BrO/c1-11-9-12(2)17(18)13(3)15(11)10-16(19)14-7-5-4-6-8-14/h4-9H,10H2,1-3H3. The number of ketones is 1. The molecule has 0 saturated carbocycles. The molecule has 1 nitrogen and oxygen atoms in total. The number of benzene rings is 2. The molecule has 0 aromatic heterocycles. The van der Waals surface area contributed by atoms with Gasteiger partial charge in [-0.05, 0) is 43.0 Å². The molecule has 0 heterocycles. The van der Waals surface area contributed by atoms with E-state index in [9.17, 15) is 4.79 Å². The van der Waals surface area contributed by atoms with Gasteiger partial charge in [0, 0.05) is 16.5 Å². The Hall–Kier alpha value is -1.41. The monoisotopic (exact) mass is 316 g/mol. The zero-order chi connectivity index (χ0) is 14.0. The van der Waals surface area contributed by atoms with E-state index in [1.54, 1.807) is 0 Å². The summed E-state index contributed by atoms with van der Waals surface area (Å²) in [6, 6.07) is 11.6. The fourth-order valence-electron chi connectivity index (χ4n) is 2.36. The van der Waals surface area contributed by atoms with E-state index in [1.165, 1.54) is 16.7 Å². The first-order chi connectivity index (χ1) is 9.00. The average Bonchev–Trinajstić information content (AvgIpc) is 2.42. The van der Waals surface area contributed by atoms with Crippen LogP contribution in [0.2, 0.25) is 0 Å². The predicted octanol–water partition coefficient (Wildman–Crippen LogP) is 4.80. The quantitative estimate of drug-likeness (QED) is 0.743. The minimum atomic E-state index is 0.169. The van der Waals surface area contributed by atoms with Crippen molar-refractivity contribution < 1.29 is 4.79 Å². The summed E-state index contributed by atoms with van der Waals surface area (Å²) in [6.07, 6.45) is 0.459. The van der Waals surface area contributed by atoms with Crippen molar-refractivity contribution in [2.45, 2.75) is 27.2 Å². The molecule has 0 spiro atoms. The van der Waals surface area contributed by atoms with Crippen LogP contribution in [0, 0.1) is 20.8 Å². The van der Waals surface area contributed by atoms with E-state index in [4.69, 9.17) is 0 Å². The normalized spacial score (nSPS) is 10.5. The number of aryl methyl sites for hydroxylation is 2. The van der Waals surface area contributed by atoms with Crippen molar-refractivity contribution in [2.75, 3.05) is 0 Å². The van der Waals surface area contributed by atoms with Crippen LogP contribution in [0.25, 0.3) is 0 Å². The van der Waals surface area contributed by atoms with Gasteiger partial charge in [-0.2, -0.15) is 0 Å². The third-order valence-electron chi connectivity index (χ3n) is 3.47. The maximum Gasteiger partial charge on any atom is 0.167 e. The van der Waals surface area contributed by atoms with Crippen molar-refractivity contribution >= 4 is 21.7 Å². The van der Waals surface area contributed by atoms with Gasteiger partial charge in [-0.25, -0.2) is 0 Å². The molecule has 2 rings (SSSR count). The number of rotatable bonds is 3. The Kier molecular flexibility index (Phi) is 4.20. The lowest BCUT2D eigenvalue weighted by molar-refractivity contribution is 0.0992. The summed E-state index contributed by atoms with van der Waals surface area (Å²) in [5, 5.41) is 0. The Balaban J connectivity index is 2.35. The number of hydrogen-bond donors (Lipinski definition) is 0. The number of halogens is 1. The Bertz CT molecular complexity index is 615. The summed E-state index contributed by atoms with van der Waals surface area (Å²) in [7, 11) is 0. The molecule has 0 aliphatic rings. The first-order valence-corrected chi connectivity index (χ1v) is 7.13. The number of carbonyl (C=O) groups excluding carboxylic acids is 1. The lowest BCUT2D eigenvalue weighted by Gasteiger charge is -2.13. The molecule has 0 amide bonds. The topological polar surface area (TPSA) is 17.1 Å². The van der Waals surface area contributed by atoms with Gasteiger partial charge in [0.05, 0.1) is 0 Å². The summed E-state index contributed by atoms with van der Waals surface area (Å²) >= 11 is 3.60. The first-order valence-electron chi connectivity index (χ1n) is 6.34. The van der Waals surface area contributed by atoms with Crippen LogP contribution in [0.15, 0.2) is 40.9 Å². The van der Waals surface area contributed by atoms with Gasteiger partial charge >= 0.3 is 0 Å². The maximum atomic E-state index is 12.3. The van der Waals surface area contributed by atoms with E-state index >= 15 is 0 Å². The minimum absolute atomic E-state index is 0.169. The van der Waals surface area contributed by atoms with Gasteiger partial charge in [-0.15, -0.1) is 0 Å². The molecule has 0 aliphatic heterocycles. The molecule has 2 heteroatoms. The molecule has 0 aliphatic carbocycles. The molecule has 2 aromatic carbocycles. The van der Waals surface area contributed by atoms with Crippen LogP contribution < -0.4 is 0 Å². The third kappa shape index (κ3) is 2.95. The lowest BCUT2D eigenvalue weighted by atomic mass is 9.94. The Morgan fingerprint density at radius 1 is 1.05 bits per heavy atom. The van der Waals surface area contributed by atoms with E-state index in [0.29, 0.717) is 6.42 Å². The van der Waals surface area contributed by atoms with Crippen LogP contribution in [-0.4, -0.2) is 5.78 Å². The minimum Gasteiger partial charge on any atom is -0.294 e. The van der Waals surface area contributed by atoms with Crippen LogP contribution in [0.4, 0.5) is 0 Å². The maximum absolute atomic E-state index is 12.3. The Labute approximate surface area is 122 Å². The predicted molar refractivity (Wildman–Crippen MR) is 82.8 cm³/mol. The molecule has 0 fully saturated rings. The molecule has 19 heavy (non-hydrogen) atoms. The lowest BCUT2D eigenvalue weighted by Crippen LogP contribution is -2.07. The summed E-state index contributed by atoms with van der Waals surface area (Å²) in [5.41, 5.74) is 5.47. The first kappa shape index (κ1) is 14.0. The van der Waals surface area contributed by atoms with E-state index in [-0.39, 0.29) is 5.78 Å². The van der Waals surface area contributed by atoms with Crippen molar-refractivity contribution in [3.05, 3.63) is 68.7 Å². The molecule has 0 radical (unpaired) electrons. The van der Waals surface area contributed by atoms with Crippen molar-refractivity contribution in [3.8, 4) is 0 Å². The molecular formula is C17H17BrO. The van der Waals surface area contributed by atoms with E-state index in [1.807, 2.05) is 30.3 Å². The summed E-state index contributed by atoms with van der Waals surface area (Å²) in [5.74, 6) is 0.169. The molecule has 0 saturated heterocycles. The second-order valence-corrected chi connectivity index (χ2v) is 5.69. The van der Waals surface area contributed by atoms with E-state index < -0.39 is 0 Å². The Morgan fingerprint density at radius 2 is 1.68 bits per heavy atom. The zero-order valence-corrected chi connectivity index (χ0v) is 13.0. The number of Topliss-reactive ketones (excluding diaryl/α,β-unsaturated/α-hetero) is 1. The summed E-state index contributed by atoms with van der Waals surface area (Å²) < 4.78 is 1.11. The smallest absolute Gasteiger partial charge is 0.167 e. The van der Waals surface area contributed by atoms with Crippen LogP contribution in [0.5, 0.6) is 0 Å². The third-order valence-corrected chi connectivity index (χ3v) is 4.69. The van der Waals surface area contributed by atoms with Crippen molar-refractivity contribution in [1.29, 1.82) is 0 Å². The molecule has 0 unspecified atom stereocenters. The van der Waals surface area contributed by atoms with Gasteiger partial charge in [0.2, 0.25) is 0 Å². The summed E-state index contributed by atoms with van der Waals surface area (Å²) in [6.45, 7) is 6.21. The fourth-order valence-corrected chi connectivity index (χ4v) is 2.71. The zero-order valence-electron chi connectivity index (χ0n) is 11.5. The van der Waals surface area contributed by atoms with E-state index in [0.717, 1.165) is 15.6 Å². The van der Waals surface area contributed by atoms with E-state index in [2.05, 4.69) is 42.8 Å². The molecular weight excluding hydrogens is 300 g/mol. The molecule has 0 bridgehead atoms. The van der Waals surface area contributed by atoms with Gasteiger partial charge in [0.25, 0.3) is 0 Å². The number of carbonyl (C=O) groups is 1. The van der Waals surface area contributed by atoms with Gasteiger partial charge < -0.3 is 0 Å². The van der Waals surface area contributed by atoms with Crippen molar-refractivity contribution in [1.82, 2.24) is 0 Å². The summed E-state index contributed by atoms with van der Waals surface area (Å²) in [4.78, 5) is 12.3. The highest BCUT2D eigenvalue weighted by Crippen LogP contribution is 2.27. The average molecular weight is 317 g/mol. The fraction of sp³-hybridized carbons (Fsp3) is 0.235. The molecule has 0 N–H and O–H groups in total. The van der Waals surface area contributed by atoms with Gasteiger partial charge in [0.1, 0.15) is 0 Å². The largest absolute Gasteiger partial charge is 0.294 e. The van der Waals surface area contributed by atoms with Crippen LogP contribution >= 0.6 is 15.9 Å². The Morgan fingerprint density at radius 3 is 2.32 bits per heavy atom. The second kappa shape index (κ2) is 5.70. The highest BCUT2D eigenvalue weighted by molar-refractivity contribution is 9.10. The number of hydrogen-bond acceptors (Lipinski definition) is 1. The molecule has 0 atom stereocenters. The van der Waals surface area contributed by atoms with Gasteiger partial charge in [0.15, 0.2) is 5.78 Å². The van der Waals surface area contributed by atoms with Crippen molar-refractivity contribution in [2.24, 2.45) is 0 Å².